The van der Waals surface area contributed by atoms with Gasteiger partial charge in [0.2, 0.25) is 0 Å². The van der Waals surface area contributed by atoms with Gasteiger partial charge in [-0.1, -0.05) is 26.0 Å². The Kier molecular flexibility index (Phi) is 3.45. The third-order valence-corrected chi connectivity index (χ3v) is 6.12. The van der Waals surface area contributed by atoms with Gasteiger partial charge >= 0.3 is 5.97 Å². The number of aliphatic hydroxyl groups is 1. The molecule has 0 bridgehead atoms. The van der Waals surface area contributed by atoms with Crippen molar-refractivity contribution in [2.45, 2.75) is 45.3 Å². The molecule has 114 valence electrons. The second-order valence-corrected chi connectivity index (χ2v) is 8.06. The first-order valence-corrected chi connectivity index (χ1v) is 8.20. The highest BCUT2D eigenvalue weighted by Crippen LogP contribution is 2.66. The van der Waals surface area contributed by atoms with Gasteiger partial charge in [-0.05, 0) is 65.1 Å². The molecule has 0 spiro atoms. The van der Waals surface area contributed by atoms with Crippen molar-refractivity contribution >= 4 is 21.9 Å². The minimum absolute atomic E-state index is 0.262. The van der Waals surface area contributed by atoms with Gasteiger partial charge in [-0.2, -0.15) is 0 Å². The quantitative estimate of drug-likeness (QED) is 0.823. The summed E-state index contributed by atoms with van der Waals surface area (Å²) in [5.74, 6) is 0.727. The summed E-state index contributed by atoms with van der Waals surface area (Å²) in [4.78, 5) is 12.3. The molecule has 1 aromatic carbocycles. The number of carbonyl (C=O) groups excluding carboxylic acids is 1. The minimum atomic E-state index is -0.939. The van der Waals surface area contributed by atoms with E-state index in [0.29, 0.717) is 23.8 Å². The molecule has 0 aliphatic heterocycles. The largest absolute Gasteiger partial charge is 0.456 e. The zero-order chi connectivity index (χ0) is 15.4. The Hall–Kier alpha value is -0.870. The van der Waals surface area contributed by atoms with E-state index in [1.54, 1.807) is 19.1 Å². The van der Waals surface area contributed by atoms with E-state index in [-0.39, 0.29) is 11.4 Å². The lowest BCUT2D eigenvalue weighted by molar-refractivity contribution is -0.0986. The molecule has 1 N–H and O–H groups in total. The molecular weight excluding hydrogens is 332 g/mol. The number of hydrogen-bond donors (Lipinski definition) is 1. The fourth-order valence-electron chi connectivity index (χ4n) is 3.79. The smallest absolute Gasteiger partial charge is 0.339 e. The molecule has 0 heterocycles. The second kappa shape index (κ2) is 4.82. The van der Waals surface area contributed by atoms with E-state index in [9.17, 15) is 9.90 Å². The second-order valence-electron chi connectivity index (χ2n) is 7.21. The number of ether oxygens (including phenoxy) is 1. The number of esters is 1. The van der Waals surface area contributed by atoms with Crippen LogP contribution in [0, 0.1) is 17.3 Å². The number of fused-ring (bicyclic) bond motifs is 1. The zero-order valence-electron chi connectivity index (χ0n) is 12.6. The standard InChI is InChI=1S/C17H21BrO3/c1-16(2)11-8-14(17(3,20)9-12(11)16)21-15(19)10-6-4-5-7-13(10)18/h4-7,11-12,14,20H,8-9H2,1-3H3/t11?,12?,14-,17-/m1/s1. The summed E-state index contributed by atoms with van der Waals surface area (Å²) in [7, 11) is 0. The van der Waals surface area contributed by atoms with Gasteiger partial charge < -0.3 is 9.84 Å². The predicted octanol–water partition coefficient (Wildman–Crippen LogP) is 3.79. The lowest BCUT2D eigenvalue weighted by atomic mass is 9.83. The van der Waals surface area contributed by atoms with E-state index in [1.165, 1.54) is 0 Å². The van der Waals surface area contributed by atoms with Crippen molar-refractivity contribution in [1.29, 1.82) is 0 Å². The predicted molar refractivity (Wildman–Crippen MR) is 84.0 cm³/mol. The SMILES string of the molecule is CC1(C)C2C[C@@H](OC(=O)c3ccccc3Br)[C@](C)(O)CC21. The summed E-state index contributed by atoms with van der Waals surface area (Å²) < 4.78 is 6.36. The molecule has 2 fully saturated rings. The van der Waals surface area contributed by atoms with Gasteiger partial charge in [-0.15, -0.1) is 0 Å². The van der Waals surface area contributed by atoms with E-state index >= 15 is 0 Å². The topological polar surface area (TPSA) is 46.5 Å². The highest BCUT2D eigenvalue weighted by molar-refractivity contribution is 9.10. The van der Waals surface area contributed by atoms with Crippen LogP contribution in [-0.2, 0) is 4.74 Å². The van der Waals surface area contributed by atoms with Gasteiger partial charge in [0.05, 0.1) is 11.2 Å². The molecule has 21 heavy (non-hydrogen) atoms. The van der Waals surface area contributed by atoms with Crippen LogP contribution < -0.4 is 0 Å². The Bertz CT molecular complexity index is 579. The molecular formula is C17H21BrO3. The van der Waals surface area contributed by atoms with Crippen LogP contribution in [0.25, 0.3) is 0 Å². The zero-order valence-corrected chi connectivity index (χ0v) is 14.2. The molecule has 0 radical (unpaired) electrons. The van der Waals surface area contributed by atoms with Crippen LogP contribution in [0.1, 0.15) is 44.0 Å². The molecule has 2 saturated carbocycles. The van der Waals surface area contributed by atoms with E-state index in [0.717, 1.165) is 10.9 Å². The lowest BCUT2D eigenvalue weighted by Gasteiger charge is -2.36. The summed E-state index contributed by atoms with van der Waals surface area (Å²) >= 11 is 3.37. The van der Waals surface area contributed by atoms with E-state index in [4.69, 9.17) is 4.74 Å². The molecule has 0 saturated heterocycles. The maximum atomic E-state index is 12.3. The Morgan fingerprint density at radius 3 is 2.62 bits per heavy atom. The normalized spacial score (nSPS) is 36.7. The van der Waals surface area contributed by atoms with Crippen molar-refractivity contribution in [3.05, 3.63) is 34.3 Å². The van der Waals surface area contributed by atoms with Crippen LogP contribution >= 0.6 is 15.9 Å². The lowest BCUT2D eigenvalue weighted by Crippen LogP contribution is -2.45. The third kappa shape index (κ3) is 2.53. The van der Waals surface area contributed by atoms with Crippen molar-refractivity contribution < 1.29 is 14.6 Å². The number of halogens is 1. The van der Waals surface area contributed by atoms with Crippen molar-refractivity contribution in [3.8, 4) is 0 Å². The van der Waals surface area contributed by atoms with Crippen molar-refractivity contribution in [3.63, 3.8) is 0 Å². The first kappa shape index (κ1) is 15.0. The van der Waals surface area contributed by atoms with Gasteiger partial charge in [0.1, 0.15) is 6.10 Å². The highest BCUT2D eigenvalue weighted by Gasteiger charge is 2.64. The van der Waals surface area contributed by atoms with Crippen LogP contribution in [0.3, 0.4) is 0 Å². The van der Waals surface area contributed by atoms with Gasteiger partial charge in [-0.3, -0.25) is 0 Å². The van der Waals surface area contributed by atoms with Crippen molar-refractivity contribution in [2.24, 2.45) is 17.3 Å². The summed E-state index contributed by atoms with van der Waals surface area (Å²) in [5, 5.41) is 10.6. The molecule has 2 aliphatic carbocycles. The first-order chi connectivity index (χ1) is 9.73. The van der Waals surface area contributed by atoms with Gasteiger partial charge in [0, 0.05) is 4.47 Å². The highest BCUT2D eigenvalue weighted by atomic mass is 79.9. The Balaban J connectivity index is 1.75. The molecule has 2 unspecified atom stereocenters. The fraction of sp³-hybridized carbons (Fsp3) is 0.588. The summed E-state index contributed by atoms with van der Waals surface area (Å²) in [5.41, 5.74) is -0.171. The molecule has 3 rings (SSSR count). The molecule has 0 aromatic heterocycles. The number of benzene rings is 1. The van der Waals surface area contributed by atoms with Crippen LogP contribution in [0.2, 0.25) is 0 Å². The molecule has 2 aliphatic rings. The average molecular weight is 353 g/mol. The molecule has 4 atom stereocenters. The maximum Gasteiger partial charge on any atom is 0.339 e. The third-order valence-electron chi connectivity index (χ3n) is 5.43. The van der Waals surface area contributed by atoms with E-state index in [1.807, 2.05) is 12.1 Å². The molecule has 0 amide bonds. The van der Waals surface area contributed by atoms with Crippen molar-refractivity contribution in [2.75, 3.05) is 0 Å². The van der Waals surface area contributed by atoms with Gasteiger partial charge in [0.25, 0.3) is 0 Å². The minimum Gasteiger partial charge on any atom is -0.456 e. The molecule has 3 nitrogen and oxygen atoms in total. The number of hydrogen-bond acceptors (Lipinski definition) is 3. The summed E-state index contributed by atoms with van der Waals surface area (Å²) in [6.45, 7) is 6.25. The fourth-order valence-corrected chi connectivity index (χ4v) is 4.23. The summed E-state index contributed by atoms with van der Waals surface area (Å²) in [6, 6.07) is 7.21. The van der Waals surface area contributed by atoms with E-state index < -0.39 is 11.7 Å². The molecule has 4 heteroatoms. The Morgan fingerprint density at radius 2 is 1.95 bits per heavy atom. The average Bonchev–Trinajstić information content (AvgIpc) is 2.90. The monoisotopic (exact) mass is 352 g/mol. The van der Waals surface area contributed by atoms with Crippen LogP contribution in [0.15, 0.2) is 28.7 Å². The Morgan fingerprint density at radius 1 is 1.29 bits per heavy atom. The first-order valence-electron chi connectivity index (χ1n) is 7.41. The molecule has 1 aromatic rings. The van der Waals surface area contributed by atoms with Crippen LogP contribution in [0.5, 0.6) is 0 Å². The van der Waals surface area contributed by atoms with Crippen LogP contribution in [-0.4, -0.2) is 22.8 Å². The Labute approximate surface area is 133 Å². The summed E-state index contributed by atoms with van der Waals surface area (Å²) in [6.07, 6.45) is 1.03. The van der Waals surface area contributed by atoms with Crippen molar-refractivity contribution in [1.82, 2.24) is 0 Å². The number of rotatable bonds is 2. The maximum absolute atomic E-state index is 12.3. The van der Waals surface area contributed by atoms with E-state index in [2.05, 4.69) is 29.8 Å². The van der Waals surface area contributed by atoms with Gasteiger partial charge in [0.15, 0.2) is 0 Å². The number of carbonyl (C=O) groups is 1. The van der Waals surface area contributed by atoms with Gasteiger partial charge in [-0.25, -0.2) is 4.79 Å². The van der Waals surface area contributed by atoms with Crippen LogP contribution in [0.4, 0.5) is 0 Å².